The number of nitrogens with one attached hydrogen (secondary N) is 2. The van der Waals surface area contributed by atoms with Gasteiger partial charge < -0.3 is 15.4 Å². The van der Waals surface area contributed by atoms with Crippen LogP contribution in [0.15, 0.2) is 30.9 Å². The summed E-state index contributed by atoms with van der Waals surface area (Å²) < 4.78 is 43.7. The third-order valence-electron chi connectivity index (χ3n) is 3.30. The van der Waals surface area contributed by atoms with Crippen molar-refractivity contribution in [3.8, 4) is 5.75 Å². The Labute approximate surface area is 126 Å². The second-order valence-corrected chi connectivity index (χ2v) is 4.97. The number of rotatable bonds is 5. The topological polar surface area (TPSA) is 50.4 Å². The quantitative estimate of drug-likeness (QED) is 0.820. The van der Waals surface area contributed by atoms with Gasteiger partial charge in [-0.3, -0.25) is 4.79 Å². The molecule has 0 aromatic heterocycles. The molecule has 0 saturated carbocycles. The first kappa shape index (κ1) is 16.4. The molecule has 22 heavy (non-hydrogen) atoms. The van der Waals surface area contributed by atoms with Gasteiger partial charge in [-0.05, 0) is 31.2 Å². The van der Waals surface area contributed by atoms with E-state index in [1.807, 2.05) is 0 Å². The predicted octanol–water partition coefficient (Wildman–Crippen LogP) is 2.36. The van der Waals surface area contributed by atoms with Gasteiger partial charge in [0.1, 0.15) is 12.4 Å². The van der Waals surface area contributed by atoms with E-state index >= 15 is 0 Å². The second kappa shape index (κ2) is 6.83. The van der Waals surface area contributed by atoms with Crippen LogP contribution in [-0.2, 0) is 6.18 Å². The molecule has 0 aliphatic carbocycles. The average molecular weight is 314 g/mol. The van der Waals surface area contributed by atoms with Gasteiger partial charge in [0, 0.05) is 12.6 Å². The van der Waals surface area contributed by atoms with E-state index in [0.717, 1.165) is 31.2 Å². The first-order chi connectivity index (χ1) is 10.4. The zero-order valence-electron chi connectivity index (χ0n) is 11.9. The molecular weight excluding hydrogens is 297 g/mol. The van der Waals surface area contributed by atoms with E-state index in [2.05, 4.69) is 17.2 Å². The van der Waals surface area contributed by atoms with Gasteiger partial charge in [-0.25, -0.2) is 0 Å². The number of benzene rings is 1. The summed E-state index contributed by atoms with van der Waals surface area (Å²) in [5.74, 6) is -0.463. The van der Waals surface area contributed by atoms with Gasteiger partial charge in [-0.1, -0.05) is 12.7 Å². The molecule has 2 N–H and O–H groups in total. The van der Waals surface area contributed by atoms with E-state index in [-0.39, 0.29) is 24.0 Å². The first-order valence-electron chi connectivity index (χ1n) is 6.88. The molecular formula is C15H17F3N2O2. The van der Waals surface area contributed by atoms with Crippen molar-refractivity contribution in [2.45, 2.75) is 18.6 Å². The van der Waals surface area contributed by atoms with Crippen LogP contribution in [0.25, 0.3) is 0 Å². The maximum atomic E-state index is 12.8. The lowest BCUT2D eigenvalue weighted by Gasteiger charge is -2.16. The Morgan fingerprint density at radius 3 is 2.86 bits per heavy atom. The number of alkyl halides is 3. The number of hydrogen-bond donors (Lipinski definition) is 2. The van der Waals surface area contributed by atoms with E-state index < -0.39 is 17.6 Å². The van der Waals surface area contributed by atoms with Gasteiger partial charge in [0.2, 0.25) is 0 Å². The molecule has 1 amide bonds. The minimum Gasteiger partial charge on any atom is -0.489 e. The monoisotopic (exact) mass is 314 g/mol. The summed E-state index contributed by atoms with van der Waals surface area (Å²) in [7, 11) is 0. The van der Waals surface area contributed by atoms with Crippen LogP contribution in [0.3, 0.4) is 0 Å². The molecule has 1 saturated heterocycles. The molecule has 4 nitrogen and oxygen atoms in total. The molecule has 1 unspecified atom stereocenters. The fourth-order valence-electron chi connectivity index (χ4n) is 2.20. The van der Waals surface area contributed by atoms with Crippen LogP contribution in [0, 0.1) is 0 Å². The highest BCUT2D eigenvalue weighted by Crippen LogP contribution is 2.32. The Kier molecular flexibility index (Phi) is 5.07. The summed E-state index contributed by atoms with van der Waals surface area (Å²) in [6.45, 7) is 4.96. The van der Waals surface area contributed by atoms with Crippen molar-refractivity contribution in [2.75, 3.05) is 19.7 Å². The molecule has 1 aromatic carbocycles. The Bertz CT molecular complexity index is 552. The van der Waals surface area contributed by atoms with Crippen molar-refractivity contribution in [3.05, 3.63) is 42.0 Å². The van der Waals surface area contributed by atoms with Crippen molar-refractivity contribution in [1.29, 1.82) is 0 Å². The lowest BCUT2D eigenvalue weighted by molar-refractivity contribution is -0.137. The van der Waals surface area contributed by atoms with Gasteiger partial charge in [0.15, 0.2) is 0 Å². The summed E-state index contributed by atoms with van der Waals surface area (Å²) in [4.78, 5) is 12.3. The summed E-state index contributed by atoms with van der Waals surface area (Å²) >= 11 is 0. The summed E-state index contributed by atoms with van der Waals surface area (Å²) in [6.07, 6.45) is -2.31. The van der Waals surface area contributed by atoms with E-state index in [1.165, 1.54) is 6.08 Å². The third-order valence-corrected chi connectivity index (χ3v) is 3.30. The van der Waals surface area contributed by atoms with Crippen LogP contribution < -0.4 is 15.4 Å². The summed E-state index contributed by atoms with van der Waals surface area (Å²) in [5.41, 5.74) is -1.00. The molecule has 1 aliphatic heterocycles. The molecule has 1 fully saturated rings. The Morgan fingerprint density at radius 1 is 1.50 bits per heavy atom. The first-order valence-corrected chi connectivity index (χ1v) is 6.88. The molecule has 0 spiro atoms. The minimum absolute atomic E-state index is 0.0886. The van der Waals surface area contributed by atoms with Crippen molar-refractivity contribution in [3.63, 3.8) is 0 Å². The van der Waals surface area contributed by atoms with Crippen molar-refractivity contribution in [2.24, 2.45) is 0 Å². The highest BCUT2D eigenvalue weighted by molar-refractivity contribution is 5.97. The number of ether oxygens (including phenoxy) is 1. The second-order valence-electron chi connectivity index (χ2n) is 4.97. The third kappa shape index (κ3) is 4.00. The average Bonchev–Trinajstić information content (AvgIpc) is 2.96. The van der Waals surface area contributed by atoms with Gasteiger partial charge >= 0.3 is 6.18 Å². The predicted molar refractivity (Wildman–Crippen MR) is 75.9 cm³/mol. The van der Waals surface area contributed by atoms with E-state index in [0.29, 0.717) is 6.54 Å². The number of amides is 1. The fraction of sp³-hybridized carbons (Fsp3) is 0.400. The van der Waals surface area contributed by atoms with Crippen LogP contribution in [0.4, 0.5) is 13.2 Å². The largest absolute Gasteiger partial charge is 0.489 e. The maximum Gasteiger partial charge on any atom is 0.416 e. The highest BCUT2D eigenvalue weighted by Gasteiger charge is 2.32. The number of carbonyl (C=O) groups excluding carboxylic acids is 1. The molecule has 1 heterocycles. The van der Waals surface area contributed by atoms with Gasteiger partial charge in [-0.15, -0.1) is 0 Å². The SMILES string of the molecule is C=CCOc1ccc(C(F)(F)F)cc1C(=O)NC1CCNC1. The number of hydrogen-bond acceptors (Lipinski definition) is 3. The molecule has 120 valence electrons. The zero-order chi connectivity index (χ0) is 16.2. The Balaban J connectivity index is 2.26. The van der Waals surface area contributed by atoms with Crippen LogP contribution in [-0.4, -0.2) is 31.6 Å². The van der Waals surface area contributed by atoms with Crippen LogP contribution in [0.1, 0.15) is 22.3 Å². The highest BCUT2D eigenvalue weighted by atomic mass is 19.4. The normalized spacial score (nSPS) is 18.0. The summed E-state index contributed by atoms with van der Waals surface area (Å²) in [6, 6.07) is 2.78. The Morgan fingerprint density at radius 2 is 2.27 bits per heavy atom. The molecule has 2 rings (SSSR count). The number of halogens is 3. The standard InChI is InChI=1S/C15H17F3N2O2/c1-2-7-22-13-4-3-10(15(16,17)18)8-12(13)14(21)20-11-5-6-19-9-11/h2-4,8,11,19H,1,5-7,9H2,(H,20,21). The smallest absolute Gasteiger partial charge is 0.416 e. The Hall–Kier alpha value is -2.02. The van der Waals surface area contributed by atoms with Crippen LogP contribution in [0.2, 0.25) is 0 Å². The molecule has 7 heteroatoms. The van der Waals surface area contributed by atoms with Gasteiger partial charge in [0.05, 0.1) is 11.1 Å². The fourth-order valence-corrected chi connectivity index (χ4v) is 2.20. The molecule has 1 atom stereocenters. The van der Waals surface area contributed by atoms with Crippen LogP contribution in [0.5, 0.6) is 5.75 Å². The zero-order valence-corrected chi connectivity index (χ0v) is 11.9. The van der Waals surface area contributed by atoms with E-state index in [9.17, 15) is 18.0 Å². The lowest BCUT2D eigenvalue weighted by Crippen LogP contribution is -2.36. The van der Waals surface area contributed by atoms with Crippen molar-refractivity contribution in [1.82, 2.24) is 10.6 Å². The van der Waals surface area contributed by atoms with Crippen molar-refractivity contribution < 1.29 is 22.7 Å². The van der Waals surface area contributed by atoms with Gasteiger partial charge in [0.25, 0.3) is 5.91 Å². The van der Waals surface area contributed by atoms with Crippen LogP contribution >= 0.6 is 0 Å². The molecule has 1 aromatic rings. The molecule has 0 bridgehead atoms. The minimum atomic E-state index is -4.51. The summed E-state index contributed by atoms with van der Waals surface area (Å²) in [5, 5.41) is 5.79. The number of carbonyl (C=O) groups is 1. The van der Waals surface area contributed by atoms with E-state index in [1.54, 1.807) is 0 Å². The van der Waals surface area contributed by atoms with Gasteiger partial charge in [-0.2, -0.15) is 13.2 Å². The molecule has 1 aliphatic rings. The maximum absolute atomic E-state index is 12.8. The molecule has 0 radical (unpaired) electrons. The lowest BCUT2D eigenvalue weighted by atomic mass is 10.1. The van der Waals surface area contributed by atoms with Crippen molar-refractivity contribution >= 4 is 5.91 Å². The van der Waals surface area contributed by atoms with E-state index in [4.69, 9.17) is 4.74 Å².